The highest BCUT2D eigenvalue weighted by molar-refractivity contribution is 7.98. The number of Topliss-reactive ketones (excluding diaryl/α,β-unsaturated/α-hetero) is 1. The molecule has 2 aromatic rings. The van der Waals surface area contributed by atoms with Crippen LogP contribution in [0.2, 0.25) is 0 Å². The Balaban J connectivity index is 1.94. The van der Waals surface area contributed by atoms with Crippen LogP contribution in [-0.2, 0) is 13.0 Å². The Bertz CT molecular complexity index is 822. The number of carbonyl (C=O) groups is 2. The van der Waals surface area contributed by atoms with E-state index in [1.807, 2.05) is 13.2 Å². The fourth-order valence-electron chi connectivity index (χ4n) is 3.25. The summed E-state index contributed by atoms with van der Waals surface area (Å²) < 4.78 is 2.16. The highest BCUT2D eigenvalue weighted by atomic mass is 32.2. The van der Waals surface area contributed by atoms with Crippen molar-refractivity contribution in [3.63, 3.8) is 0 Å². The number of ketones is 1. The van der Waals surface area contributed by atoms with E-state index in [-0.39, 0.29) is 11.7 Å². The zero-order valence-electron chi connectivity index (χ0n) is 17.0. The van der Waals surface area contributed by atoms with Gasteiger partial charge < -0.3 is 14.9 Å². The summed E-state index contributed by atoms with van der Waals surface area (Å²) in [5, 5.41) is 12.4. The summed E-state index contributed by atoms with van der Waals surface area (Å²) in [4.78, 5) is 27.2. The number of thioether (sulfide) groups is 1. The van der Waals surface area contributed by atoms with Gasteiger partial charge >= 0.3 is 0 Å². The van der Waals surface area contributed by atoms with Gasteiger partial charge in [0.05, 0.1) is 0 Å². The van der Waals surface area contributed by atoms with Gasteiger partial charge in [-0.2, -0.15) is 0 Å². The van der Waals surface area contributed by atoms with Gasteiger partial charge in [-0.3, -0.25) is 9.59 Å². The number of H-pyrrole nitrogens is 1. The van der Waals surface area contributed by atoms with E-state index in [9.17, 15) is 9.59 Å². The van der Waals surface area contributed by atoms with Crippen LogP contribution in [0, 0.1) is 19.8 Å². The Morgan fingerprint density at radius 2 is 1.96 bits per heavy atom. The minimum atomic E-state index is -0.184. The predicted molar refractivity (Wildman–Crippen MR) is 108 cm³/mol. The van der Waals surface area contributed by atoms with Crippen molar-refractivity contribution in [2.75, 3.05) is 12.8 Å². The molecule has 0 saturated carbocycles. The molecule has 0 unspecified atom stereocenters. The number of nitrogens with zero attached hydrogens (tertiary/aromatic N) is 3. The molecule has 0 saturated heterocycles. The van der Waals surface area contributed by atoms with Crippen molar-refractivity contribution in [2.45, 2.75) is 59.2 Å². The van der Waals surface area contributed by atoms with Crippen LogP contribution in [0.4, 0.5) is 0 Å². The molecule has 8 heteroatoms. The maximum Gasteiger partial charge on any atom is 0.268 e. The Kier molecular flexibility index (Phi) is 7.24. The summed E-state index contributed by atoms with van der Waals surface area (Å²) >= 11 is 1.60. The van der Waals surface area contributed by atoms with Crippen molar-refractivity contribution < 1.29 is 9.59 Å². The quantitative estimate of drug-likeness (QED) is 0.389. The second kappa shape index (κ2) is 9.21. The number of rotatable bonds is 9. The van der Waals surface area contributed by atoms with Gasteiger partial charge in [-0.15, -0.1) is 10.2 Å². The van der Waals surface area contributed by atoms with Crippen LogP contribution in [0.25, 0.3) is 0 Å². The molecule has 27 heavy (non-hydrogen) atoms. The Morgan fingerprint density at radius 3 is 2.52 bits per heavy atom. The molecule has 0 aliphatic heterocycles. The number of nitrogens with one attached hydrogen (secondary N) is 2. The van der Waals surface area contributed by atoms with Crippen molar-refractivity contribution >= 4 is 23.5 Å². The van der Waals surface area contributed by atoms with Gasteiger partial charge in [-0.05, 0) is 44.9 Å². The number of hydrogen-bond acceptors (Lipinski definition) is 5. The molecule has 0 aliphatic carbocycles. The first-order chi connectivity index (χ1) is 12.8. The molecule has 0 aliphatic rings. The largest absolute Gasteiger partial charge is 0.354 e. The van der Waals surface area contributed by atoms with Crippen LogP contribution < -0.4 is 5.32 Å². The van der Waals surface area contributed by atoms with Gasteiger partial charge in [0.2, 0.25) is 0 Å². The lowest BCUT2D eigenvalue weighted by Gasteiger charge is -2.11. The zero-order valence-corrected chi connectivity index (χ0v) is 17.8. The summed E-state index contributed by atoms with van der Waals surface area (Å²) in [5.41, 5.74) is 2.51. The molecule has 0 spiro atoms. The monoisotopic (exact) mass is 391 g/mol. The predicted octanol–water partition coefficient (Wildman–Crippen LogP) is 3.17. The number of hydrogen-bond donors (Lipinski definition) is 2. The van der Waals surface area contributed by atoms with Gasteiger partial charge in [0.1, 0.15) is 11.5 Å². The first kappa shape index (κ1) is 21.2. The molecule has 148 valence electrons. The summed E-state index contributed by atoms with van der Waals surface area (Å²) in [7, 11) is 0. The molecule has 0 bridgehead atoms. The van der Waals surface area contributed by atoms with Crippen LogP contribution >= 0.6 is 11.8 Å². The van der Waals surface area contributed by atoms with Crippen molar-refractivity contribution in [3.05, 3.63) is 28.3 Å². The second-order valence-electron chi connectivity index (χ2n) is 7.15. The smallest absolute Gasteiger partial charge is 0.268 e. The number of aromatic amines is 1. The Labute approximate surface area is 164 Å². The minimum Gasteiger partial charge on any atom is -0.354 e. The molecule has 2 N–H and O–H groups in total. The Hall–Kier alpha value is -2.09. The minimum absolute atomic E-state index is 0.0330. The van der Waals surface area contributed by atoms with Crippen molar-refractivity contribution in [1.29, 1.82) is 0 Å². The van der Waals surface area contributed by atoms with Crippen LogP contribution in [-0.4, -0.2) is 44.2 Å². The molecule has 0 fully saturated rings. The van der Waals surface area contributed by atoms with Gasteiger partial charge in [0.15, 0.2) is 10.9 Å². The average Bonchev–Trinajstić information content (AvgIpc) is 3.11. The number of aromatic nitrogens is 4. The fraction of sp³-hybridized carbons (Fsp3) is 0.579. The van der Waals surface area contributed by atoms with E-state index in [0.29, 0.717) is 29.3 Å². The molecule has 2 rings (SSSR count). The van der Waals surface area contributed by atoms with E-state index in [1.54, 1.807) is 18.7 Å². The van der Waals surface area contributed by atoms with Crippen LogP contribution in [0.3, 0.4) is 0 Å². The topological polar surface area (TPSA) is 92.7 Å². The third kappa shape index (κ3) is 5.00. The first-order valence-corrected chi connectivity index (χ1v) is 10.4. The molecule has 0 atom stereocenters. The van der Waals surface area contributed by atoms with Crippen LogP contribution in [0.5, 0.6) is 0 Å². The second-order valence-corrected chi connectivity index (χ2v) is 7.92. The Morgan fingerprint density at radius 1 is 1.26 bits per heavy atom. The summed E-state index contributed by atoms with van der Waals surface area (Å²) in [5.74, 6) is 1.25. The van der Waals surface area contributed by atoms with Crippen molar-refractivity contribution in [3.8, 4) is 0 Å². The van der Waals surface area contributed by atoms with E-state index in [2.05, 4.69) is 38.9 Å². The molecular weight excluding hydrogens is 362 g/mol. The molecule has 0 aromatic carbocycles. The van der Waals surface area contributed by atoms with E-state index in [4.69, 9.17) is 0 Å². The zero-order chi connectivity index (χ0) is 20.1. The van der Waals surface area contributed by atoms with Gasteiger partial charge in [0.25, 0.3) is 5.91 Å². The number of carbonyl (C=O) groups excluding carboxylic acids is 2. The third-order valence-corrected chi connectivity index (χ3v) is 5.07. The maximum absolute atomic E-state index is 12.4. The van der Waals surface area contributed by atoms with E-state index in [0.717, 1.165) is 36.1 Å². The van der Waals surface area contributed by atoms with Crippen LogP contribution in [0.15, 0.2) is 5.16 Å². The van der Waals surface area contributed by atoms with Crippen LogP contribution in [0.1, 0.15) is 65.1 Å². The first-order valence-electron chi connectivity index (χ1n) is 9.20. The van der Waals surface area contributed by atoms with E-state index >= 15 is 0 Å². The number of amides is 1. The molecule has 7 nitrogen and oxygen atoms in total. The normalized spacial score (nSPS) is 11.2. The SMILES string of the molecule is CSc1nnc(CCCNC(=O)c2[nH]c(C)c(C(C)=O)c2C)n1CC(C)C. The van der Waals surface area contributed by atoms with Crippen molar-refractivity contribution in [1.82, 2.24) is 25.1 Å². The highest BCUT2D eigenvalue weighted by Crippen LogP contribution is 2.19. The lowest BCUT2D eigenvalue weighted by molar-refractivity contribution is 0.0947. The molecule has 2 aromatic heterocycles. The molecule has 2 heterocycles. The summed E-state index contributed by atoms with van der Waals surface area (Å²) in [6, 6.07) is 0. The molecule has 0 radical (unpaired) electrons. The standard InChI is InChI=1S/C19H29N5O2S/c1-11(2)10-24-15(22-23-19(24)27-6)8-7-9-20-18(26)17-12(3)16(14(5)25)13(4)21-17/h11,21H,7-10H2,1-6H3,(H,20,26). The highest BCUT2D eigenvalue weighted by Gasteiger charge is 2.19. The average molecular weight is 392 g/mol. The molecular formula is C19H29N5O2S. The molecule has 1 amide bonds. The van der Waals surface area contributed by atoms with Crippen molar-refractivity contribution in [2.24, 2.45) is 5.92 Å². The van der Waals surface area contributed by atoms with E-state index in [1.165, 1.54) is 6.92 Å². The van der Waals surface area contributed by atoms with Gasteiger partial charge in [-0.1, -0.05) is 25.6 Å². The van der Waals surface area contributed by atoms with E-state index < -0.39 is 0 Å². The fourth-order valence-corrected chi connectivity index (χ4v) is 3.77. The lowest BCUT2D eigenvalue weighted by Crippen LogP contribution is -2.26. The third-order valence-electron chi connectivity index (χ3n) is 4.40. The maximum atomic E-state index is 12.4. The number of aryl methyl sites for hydroxylation is 2. The van der Waals surface area contributed by atoms with Gasteiger partial charge in [-0.25, -0.2) is 0 Å². The summed E-state index contributed by atoms with van der Waals surface area (Å²) in [6.07, 6.45) is 3.53. The lowest BCUT2D eigenvalue weighted by atomic mass is 10.1. The van der Waals surface area contributed by atoms with Gasteiger partial charge in [0, 0.05) is 30.8 Å². The summed E-state index contributed by atoms with van der Waals surface area (Å²) in [6.45, 7) is 10.9.